The Morgan fingerprint density at radius 3 is 2.70 bits per heavy atom. The van der Waals surface area contributed by atoms with Crippen LogP contribution in [-0.2, 0) is 6.42 Å². The van der Waals surface area contributed by atoms with Crippen molar-refractivity contribution >= 4 is 21.7 Å². The van der Waals surface area contributed by atoms with Gasteiger partial charge in [-0.1, -0.05) is 40.2 Å². The maximum atomic E-state index is 5.50. The van der Waals surface area contributed by atoms with Crippen LogP contribution in [0.15, 0.2) is 53.0 Å². The molecule has 4 nitrogen and oxygen atoms in total. The van der Waals surface area contributed by atoms with Crippen LogP contribution in [0.3, 0.4) is 0 Å². The van der Waals surface area contributed by atoms with E-state index in [1.54, 1.807) is 7.11 Å². The highest BCUT2D eigenvalue weighted by Gasteiger charge is 2.24. The molecule has 0 saturated heterocycles. The first-order valence-electron chi connectivity index (χ1n) is 7.53. The Balaban J connectivity index is 1.90. The molecule has 4 rings (SSSR count). The number of nitrogens with one attached hydrogen (secondary N) is 1. The largest absolute Gasteiger partial charge is 0.494 e. The molecule has 0 spiro atoms. The summed E-state index contributed by atoms with van der Waals surface area (Å²) >= 11 is 3.49. The first-order chi connectivity index (χ1) is 11.3. The van der Waals surface area contributed by atoms with E-state index < -0.39 is 0 Å². The number of para-hydroxylation sites is 2. The van der Waals surface area contributed by atoms with Crippen LogP contribution >= 0.6 is 15.9 Å². The van der Waals surface area contributed by atoms with Gasteiger partial charge in [0.15, 0.2) is 0 Å². The van der Waals surface area contributed by atoms with Crippen molar-refractivity contribution in [3.05, 3.63) is 58.6 Å². The normalized spacial score (nSPS) is 12.8. The summed E-state index contributed by atoms with van der Waals surface area (Å²) in [4.78, 5) is 0. The van der Waals surface area contributed by atoms with E-state index in [1.165, 1.54) is 5.56 Å². The molecule has 0 saturated carbocycles. The summed E-state index contributed by atoms with van der Waals surface area (Å²) in [7, 11) is 1.69. The van der Waals surface area contributed by atoms with Crippen LogP contribution in [-0.4, -0.2) is 23.4 Å². The minimum absolute atomic E-state index is 0.814. The van der Waals surface area contributed by atoms with Gasteiger partial charge in [-0.05, 0) is 30.7 Å². The topological polar surface area (TPSA) is 39.1 Å². The van der Waals surface area contributed by atoms with Crippen LogP contribution < -0.4 is 10.1 Å². The molecule has 0 fully saturated rings. The molecule has 1 aliphatic heterocycles. The van der Waals surface area contributed by atoms with Crippen molar-refractivity contribution < 1.29 is 4.74 Å². The van der Waals surface area contributed by atoms with Gasteiger partial charge in [0.25, 0.3) is 0 Å². The Morgan fingerprint density at radius 1 is 1.13 bits per heavy atom. The molecule has 5 heteroatoms. The zero-order valence-electron chi connectivity index (χ0n) is 12.7. The third kappa shape index (κ3) is 2.41. The molecule has 0 atom stereocenters. The van der Waals surface area contributed by atoms with Crippen molar-refractivity contribution in [2.24, 2.45) is 0 Å². The molecule has 2 heterocycles. The van der Waals surface area contributed by atoms with E-state index in [-0.39, 0.29) is 0 Å². The second kappa shape index (κ2) is 5.74. The summed E-state index contributed by atoms with van der Waals surface area (Å²) in [5, 5.41) is 8.33. The van der Waals surface area contributed by atoms with Gasteiger partial charge in [-0.15, -0.1) is 0 Å². The number of fused-ring (bicyclic) bond motifs is 1. The molecule has 3 aromatic rings. The molecule has 23 heavy (non-hydrogen) atoms. The summed E-state index contributed by atoms with van der Waals surface area (Å²) in [6.45, 7) is 0.936. The number of ether oxygens (including phenoxy) is 1. The van der Waals surface area contributed by atoms with Crippen molar-refractivity contribution in [3.8, 4) is 22.7 Å². The van der Waals surface area contributed by atoms with Gasteiger partial charge in [-0.25, -0.2) is 4.68 Å². The molecule has 116 valence electrons. The number of anilines is 1. The molecule has 0 radical (unpaired) electrons. The van der Waals surface area contributed by atoms with Crippen LogP contribution in [0.4, 0.5) is 5.82 Å². The van der Waals surface area contributed by atoms with Gasteiger partial charge >= 0.3 is 0 Å². The van der Waals surface area contributed by atoms with Crippen molar-refractivity contribution in [1.29, 1.82) is 0 Å². The lowest BCUT2D eigenvalue weighted by Crippen LogP contribution is -2.05. The second-order valence-corrected chi connectivity index (χ2v) is 6.36. The lowest BCUT2D eigenvalue weighted by atomic mass is 10.1. The van der Waals surface area contributed by atoms with Crippen molar-refractivity contribution in [3.63, 3.8) is 0 Å². The average molecular weight is 370 g/mol. The maximum absolute atomic E-state index is 5.50. The van der Waals surface area contributed by atoms with Crippen LogP contribution in [0.5, 0.6) is 5.75 Å². The molecular formula is C18H16BrN3O. The predicted molar refractivity (Wildman–Crippen MR) is 95.4 cm³/mol. The molecule has 0 unspecified atom stereocenters. The minimum atomic E-state index is 0.814. The summed E-state index contributed by atoms with van der Waals surface area (Å²) < 4.78 is 8.52. The van der Waals surface area contributed by atoms with Gasteiger partial charge in [0, 0.05) is 22.1 Å². The molecule has 1 aromatic heterocycles. The van der Waals surface area contributed by atoms with E-state index in [2.05, 4.69) is 33.4 Å². The molecule has 1 N–H and O–H groups in total. The predicted octanol–water partition coefficient (Wildman–Crippen LogP) is 4.28. The number of rotatable bonds is 3. The molecule has 2 aromatic carbocycles. The third-order valence-electron chi connectivity index (χ3n) is 4.08. The Kier molecular flexibility index (Phi) is 3.58. The van der Waals surface area contributed by atoms with Crippen molar-refractivity contribution in [2.45, 2.75) is 6.42 Å². The number of methoxy groups -OCH3 is 1. The van der Waals surface area contributed by atoms with Gasteiger partial charge in [-0.2, -0.15) is 5.10 Å². The summed E-state index contributed by atoms with van der Waals surface area (Å²) in [6.07, 6.45) is 0.982. The van der Waals surface area contributed by atoms with E-state index in [9.17, 15) is 0 Å². The van der Waals surface area contributed by atoms with E-state index >= 15 is 0 Å². The van der Waals surface area contributed by atoms with Gasteiger partial charge in [-0.3, -0.25) is 0 Å². The van der Waals surface area contributed by atoms with Gasteiger partial charge in [0.05, 0.1) is 12.8 Å². The first kappa shape index (κ1) is 14.3. The Labute approximate surface area is 143 Å². The number of hydrogen-bond donors (Lipinski definition) is 1. The minimum Gasteiger partial charge on any atom is -0.494 e. The Hall–Kier alpha value is -2.27. The zero-order valence-corrected chi connectivity index (χ0v) is 14.3. The summed E-state index contributed by atoms with van der Waals surface area (Å²) in [5.41, 5.74) is 4.37. The van der Waals surface area contributed by atoms with Crippen LogP contribution in [0.2, 0.25) is 0 Å². The van der Waals surface area contributed by atoms with Gasteiger partial charge < -0.3 is 10.1 Å². The molecule has 0 bridgehead atoms. The second-order valence-electron chi connectivity index (χ2n) is 5.44. The van der Waals surface area contributed by atoms with E-state index in [1.807, 2.05) is 41.1 Å². The molecule has 0 aliphatic carbocycles. The SMILES string of the molecule is COc1ccccc1-n1nc(-c2ccc(Br)cc2)c2c1NCC2. The van der Waals surface area contributed by atoms with Crippen LogP contribution in [0.1, 0.15) is 5.56 Å². The Bertz CT molecular complexity index is 855. The Morgan fingerprint density at radius 2 is 1.91 bits per heavy atom. The smallest absolute Gasteiger partial charge is 0.144 e. The van der Waals surface area contributed by atoms with Gasteiger partial charge in [0.1, 0.15) is 17.3 Å². The number of hydrogen-bond acceptors (Lipinski definition) is 3. The number of halogens is 1. The fraction of sp³-hybridized carbons (Fsp3) is 0.167. The summed E-state index contributed by atoms with van der Waals surface area (Å²) in [6, 6.07) is 16.2. The number of nitrogens with zero attached hydrogens (tertiary/aromatic N) is 2. The molecule has 0 amide bonds. The van der Waals surface area contributed by atoms with Crippen molar-refractivity contribution in [1.82, 2.24) is 9.78 Å². The monoisotopic (exact) mass is 369 g/mol. The highest BCUT2D eigenvalue weighted by atomic mass is 79.9. The maximum Gasteiger partial charge on any atom is 0.144 e. The average Bonchev–Trinajstić information content (AvgIpc) is 3.18. The lowest BCUT2D eigenvalue weighted by molar-refractivity contribution is 0.412. The van der Waals surface area contributed by atoms with Crippen molar-refractivity contribution in [2.75, 3.05) is 19.0 Å². The quantitative estimate of drug-likeness (QED) is 0.748. The van der Waals surface area contributed by atoms with Crippen LogP contribution in [0.25, 0.3) is 16.9 Å². The standard InChI is InChI=1S/C18H16BrN3O/c1-23-16-5-3-2-4-15(16)22-18-14(10-11-20-18)17(21-22)12-6-8-13(19)9-7-12/h2-9,20H,10-11H2,1H3. The van der Waals surface area contributed by atoms with Crippen LogP contribution in [0, 0.1) is 0 Å². The fourth-order valence-corrected chi connectivity index (χ4v) is 3.26. The highest BCUT2D eigenvalue weighted by molar-refractivity contribution is 9.10. The highest BCUT2D eigenvalue weighted by Crippen LogP contribution is 2.36. The van der Waals surface area contributed by atoms with E-state index in [4.69, 9.17) is 9.84 Å². The third-order valence-corrected chi connectivity index (χ3v) is 4.61. The number of aromatic nitrogens is 2. The fourth-order valence-electron chi connectivity index (χ4n) is 2.99. The van der Waals surface area contributed by atoms with E-state index in [0.717, 1.165) is 46.0 Å². The van der Waals surface area contributed by atoms with E-state index in [0.29, 0.717) is 0 Å². The molecular weight excluding hydrogens is 354 g/mol. The zero-order chi connectivity index (χ0) is 15.8. The summed E-state index contributed by atoms with van der Waals surface area (Å²) in [5.74, 6) is 1.88. The lowest BCUT2D eigenvalue weighted by Gasteiger charge is -2.10. The van der Waals surface area contributed by atoms with Gasteiger partial charge in [0.2, 0.25) is 0 Å². The first-order valence-corrected chi connectivity index (χ1v) is 8.32. The number of benzene rings is 2. The molecule has 1 aliphatic rings.